The molecule has 0 bridgehead atoms. The number of carbonyl (C=O) groups is 1. The number of thioether (sulfide) groups is 1. The van der Waals surface area contributed by atoms with Crippen LogP contribution in [0.3, 0.4) is 0 Å². The molecule has 23 heavy (non-hydrogen) atoms. The minimum Gasteiger partial charge on any atom is -0.387 e. The summed E-state index contributed by atoms with van der Waals surface area (Å²) in [7, 11) is 0. The second kappa shape index (κ2) is 7.88. The number of rotatable bonds is 6. The molecule has 0 saturated heterocycles. The van der Waals surface area contributed by atoms with Crippen LogP contribution in [0.4, 0.5) is 13.2 Å². The van der Waals surface area contributed by atoms with Crippen molar-refractivity contribution < 1.29 is 23.1 Å². The van der Waals surface area contributed by atoms with Crippen molar-refractivity contribution in [3.05, 3.63) is 41.5 Å². The first-order valence-corrected chi connectivity index (χ1v) is 8.30. The zero-order valence-corrected chi connectivity index (χ0v) is 14.0. The van der Waals surface area contributed by atoms with Crippen LogP contribution < -0.4 is 5.32 Å². The summed E-state index contributed by atoms with van der Waals surface area (Å²) in [4.78, 5) is 11.9. The van der Waals surface area contributed by atoms with Gasteiger partial charge in [0.05, 0.1) is 11.2 Å². The molecule has 0 radical (unpaired) electrons. The lowest BCUT2D eigenvalue weighted by atomic mass is 10.00. The molecule has 7 heteroatoms. The number of amides is 1. The molecule has 0 aliphatic carbocycles. The number of hydrogen-bond acceptors (Lipinski definition) is 3. The molecule has 0 aromatic heterocycles. The fourth-order valence-electron chi connectivity index (χ4n) is 2.04. The number of carbonyl (C=O) groups excluding carboxylic acids is 1. The van der Waals surface area contributed by atoms with Gasteiger partial charge in [0.15, 0.2) is 0 Å². The Kier molecular flexibility index (Phi) is 6.70. The molecule has 0 aliphatic rings. The second-order valence-corrected chi connectivity index (χ2v) is 6.38. The monoisotopic (exact) mass is 347 g/mol. The summed E-state index contributed by atoms with van der Waals surface area (Å²) in [5, 5.41) is 12.5. The van der Waals surface area contributed by atoms with E-state index in [-0.39, 0.29) is 17.7 Å². The van der Waals surface area contributed by atoms with Crippen LogP contribution in [-0.4, -0.2) is 35.2 Å². The van der Waals surface area contributed by atoms with Gasteiger partial charge in [0, 0.05) is 18.4 Å². The maximum atomic E-state index is 13.0. The molecule has 1 amide bonds. The summed E-state index contributed by atoms with van der Waals surface area (Å²) in [6.07, 6.45) is -1.54. The van der Waals surface area contributed by atoms with E-state index in [0.29, 0.717) is 5.75 Å². The highest BCUT2D eigenvalue weighted by Crippen LogP contribution is 2.34. The Labute approximate surface area is 138 Å². The minimum atomic E-state index is -4.48. The van der Waals surface area contributed by atoms with E-state index in [1.165, 1.54) is 36.9 Å². The molecule has 2 N–H and O–H groups in total. The Balaban J connectivity index is 2.87. The lowest BCUT2D eigenvalue weighted by Gasteiger charge is -2.22. The van der Waals surface area contributed by atoms with E-state index in [0.717, 1.165) is 12.1 Å². The highest BCUT2D eigenvalue weighted by molar-refractivity contribution is 7.98. The van der Waals surface area contributed by atoms with Crippen LogP contribution in [0.2, 0.25) is 0 Å². The van der Waals surface area contributed by atoms with Crippen LogP contribution >= 0.6 is 11.8 Å². The topological polar surface area (TPSA) is 49.3 Å². The highest BCUT2D eigenvalue weighted by atomic mass is 32.2. The first kappa shape index (κ1) is 19.6. The summed E-state index contributed by atoms with van der Waals surface area (Å²) >= 11 is 1.43. The van der Waals surface area contributed by atoms with Gasteiger partial charge in [-0.25, -0.2) is 0 Å². The predicted octanol–water partition coefficient (Wildman–Crippen LogP) is 3.34. The molecule has 128 valence electrons. The van der Waals surface area contributed by atoms with Crippen LogP contribution in [0.25, 0.3) is 5.57 Å². The largest absolute Gasteiger partial charge is 0.416 e. The lowest BCUT2D eigenvalue weighted by Crippen LogP contribution is -2.42. The van der Waals surface area contributed by atoms with Gasteiger partial charge in [0.25, 0.3) is 0 Å². The van der Waals surface area contributed by atoms with Crippen LogP contribution in [0.5, 0.6) is 0 Å². The molecule has 1 rings (SSSR count). The van der Waals surface area contributed by atoms with Crippen molar-refractivity contribution in [1.29, 1.82) is 0 Å². The second-order valence-electron chi connectivity index (χ2n) is 5.52. The summed E-state index contributed by atoms with van der Waals surface area (Å²) < 4.78 is 38.9. The number of benzene rings is 1. The SMILES string of the molecule is CSCC(C)(O)CNC(=O)C=C(C)c1ccccc1C(F)(F)F. The highest BCUT2D eigenvalue weighted by Gasteiger charge is 2.33. The van der Waals surface area contributed by atoms with Crippen molar-refractivity contribution in [3.63, 3.8) is 0 Å². The molecule has 0 saturated carbocycles. The van der Waals surface area contributed by atoms with Crippen LogP contribution in [-0.2, 0) is 11.0 Å². The number of allylic oxidation sites excluding steroid dienone is 1. The first-order chi connectivity index (χ1) is 10.6. The van der Waals surface area contributed by atoms with Crippen molar-refractivity contribution in [2.45, 2.75) is 25.6 Å². The summed E-state index contributed by atoms with van der Waals surface area (Å²) in [6, 6.07) is 5.10. The number of hydrogen-bond donors (Lipinski definition) is 2. The molecular weight excluding hydrogens is 327 g/mol. The summed E-state index contributed by atoms with van der Waals surface area (Å²) in [5.41, 5.74) is -1.68. The van der Waals surface area contributed by atoms with Crippen molar-refractivity contribution in [3.8, 4) is 0 Å². The van der Waals surface area contributed by atoms with Gasteiger partial charge >= 0.3 is 6.18 Å². The Morgan fingerprint density at radius 1 is 1.35 bits per heavy atom. The number of nitrogens with one attached hydrogen (secondary N) is 1. The van der Waals surface area contributed by atoms with Gasteiger partial charge in [0.2, 0.25) is 5.91 Å². The molecule has 3 nitrogen and oxygen atoms in total. The molecule has 0 fully saturated rings. The van der Waals surface area contributed by atoms with Crippen LogP contribution in [0.15, 0.2) is 30.3 Å². The summed E-state index contributed by atoms with van der Waals surface area (Å²) in [6.45, 7) is 3.06. The number of aliphatic hydroxyl groups is 1. The molecule has 0 heterocycles. The van der Waals surface area contributed by atoms with E-state index in [4.69, 9.17) is 0 Å². The van der Waals surface area contributed by atoms with Crippen molar-refractivity contribution in [2.75, 3.05) is 18.6 Å². The Bertz CT molecular complexity index is 583. The van der Waals surface area contributed by atoms with E-state index < -0.39 is 23.2 Å². The number of halogens is 3. The third-order valence-corrected chi connectivity index (χ3v) is 4.01. The molecule has 0 aliphatic heterocycles. The van der Waals surface area contributed by atoms with Gasteiger partial charge < -0.3 is 10.4 Å². The molecule has 1 aromatic carbocycles. The van der Waals surface area contributed by atoms with Crippen molar-refractivity contribution in [1.82, 2.24) is 5.32 Å². The smallest absolute Gasteiger partial charge is 0.387 e. The first-order valence-electron chi connectivity index (χ1n) is 6.91. The maximum Gasteiger partial charge on any atom is 0.416 e. The number of alkyl halides is 3. The Morgan fingerprint density at radius 3 is 2.52 bits per heavy atom. The Hall–Kier alpha value is -1.47. The average molecular weight is 347 g/mol. The zero-order valence-electron chi connectivity index (χ0n) is 13.2. The quantitative estimate of drug-likeness (QED) is 0.776. The average Bonchev–Trinajstić information content (AvgIpc) is 2.44. The van der Waals surface area contributed by atoms with Gasteiger partial charge in [-0.15, -0.1) is 0 Å². The normalized spacial score (nSPS) is 15.2. The molecule has 1 unspecified atom stereocenters. The van der Waals surface area contributed by atoms with Crippen LogP contribution in [0.1, 0.15) is 25.0 Å². The maximum absolute atomic E-state index is 13.0. The summed E-state index contributed by atoms with van der Waals surface area (Å²) in [5.74, 6) is -0.103. The molecule has 1 atom stereocenters. The van der Waals surface area contributed by atoms with Gasteiger partial charge in [-0.05, 0) is 37.3 Å². The van der Waals surface area contributed by atoms with E-state index in [9.17, 15) is 23.1 Å². The van der Waals surface area contributed by atoms with E-state index in [1.54, 1.807) is 6.92 Å². The third-order valence-electron chi connectivity index (χ3n) is 3.10. The molecule has 1 aromatic rings. The van der Waals surface area contributed by atoms with Crippen molar-refractivity contribution >= 4 is 23.2 Å². The van der Waals surface area contributed by atoms with E-state index >= 15 is 0 Å². The van der Waals surface area contributed by atoms with Crippen molar-refractivity contribution in [2.24, 2.45) is 0 Å². The van der Waals surface area contributed by atoms with E-state index in [1.807, 2.05) is 6.26 Å². The zero-order chi connectivity index (χ0) is 17.7. The standard InChI is InChI=1S/C16H20F3NO2S/c1-11(8-14(21)20-9-15(2,22)10-23-3)12-6-4-5-7-13(12)16(17,18)19/h4-8,22H,9-10H2,1-3H3,(H,20,21). The van der Waals surface area contributed by atoms with Gasteiger partial charge in [0.1, 0.15) is 0 Å². The molecular formula is C16H20F3NO2S. The predicted molar refractivity (Wildman–Crippen MR) is 87.1 cm³/mol. The minimum absolute atomic E-state index is 0.0252. The van der Waals surface area contributed by atoms with Gasteiger partial charge in [-0.3, -0.25) is 4.79 Å². The van der Waals surface area contributed by atoms with Gasteiger partial charge in [-0.2, -0.15) is 24.9 Å². The van der Waals surface area contributed by atoms with Crippen LogP contribution in [0, 0.1) is 0 Å². The van der Waals surface area contributed by atoms with E-state index in [2.05, 4.69) is 5.32 Å². The fraction of sp³-hybridized carbons (Fsp3) is 0.438. The lowest BCUT2D eigenvalue weighted by molar-refractivity contribution is -0.137. The fourth-order valence-corrected chi connectivity index (χ4v) is 2.76. The molecule has 0 spiro atoms. The Morgan fingerprint density at radius 2 is 1.96 bits per heavy atom. The van der Waals surface area contributed by atoms with Gasteiger partial charge in [-0.1, -0.05) is 18.2 Å². The third kappa shape index (κ3) is 6.27.